The van der Waals surface area contributed by atoms with Crippen LogP contribution in [-0.2, 0) is 14.9 Å². The second kappa shape index (κ2) is 7.48. The summed E-state index contributed by atoms with van der Waals surface area (Å²) in [6, 6.07) is 2.32. The third kappa shape index (κ3) is 4.63. The molecule has 3 rings (SSSR count). The fraction of sp³-hybridized carbons (Fsp3) is 0.800. The molecule has 1 aromatic rings. The smallest absolute Gasteiger partial charge is 0.217 e. The van der Waals surface area contributed by atoms with E-state index in [1.807, 2.05) is 0 Å². The highest BCUT2D eigenvalue weighted by molar-refractivity contribution is 5.73. The Morgan fingerprint density at radius 2 is 1.96 bits per heavy atom. The lowest BCUT2D eigenvalue weighted by Gasteiger charge is -2.40. The fourth-order valence-corrected chi connectivity index (χ4v) is 4.26. The van der Waals surface area contributed by atoms with Crippen molar-refractivity contribution in [3.8, 4) is 0 Å². The number of carbonyl (C=O) groups is 1. The predicted molar refractivity (Wildman–Crippen MR) is 98.3 cm³/mol. The number of ether oxygens (including phenoxy) is 1. The standard InChI is InChI=1S/C20H33N3O2/c1-13(24)21-15-10-17(14-8-6-5-7-9-14)25-18(11-15)16-12-19(23-22-16)20(2,3)4/h12,14-15,17-18H,5-11H2,1-4H3,(H,21,24)(H,22,23)/t15-,17-,18+/m1/s1. The summed E-state index contributed by atoms with van der Waals surface area (Å²) in [4.78, 5) is 11.6. The first-order valence-electron chi connectivity index (χ1n) is 9.81. The minimum atomic E-state index is -0.0128. The van der Waals surface area contributed by atoms with E-state index in [4.69, 9.17) is 4.74 Å². The first-order chi connectivity index (χ1) is 11.8. The summed E-state index contributed by atoms with van der Waals surface area (Å²) >= 11 is 0. The summed E-state index contributed by atoms with van der Waals surface area (Å²) in [6.07, 6.45) is 8.42. The molecule has 1 amide bonds. The van der Waals surface area contributed by atoms with E-state index in [2.05, 4.69) is 42.4 Å². The van der Waals surface area contributed by atoms with E-state index in [-0.39, 0.29) is 29.6 Å². The third-order valence-electron chi connectivity index (χ3n) is 5.65. The van der Waals surface area contributed by atoms with Crippen LogP contribution in [0.3, 0.4) is 0 Å². The third-order valence-corrected chi connectivity index (χ3v) is 5.65. The first-order valence-corrected chi connectivity index (χ1v) is 9.81. The highest BCUT2D eigenvalue weighted by atomic mass is 16.5. The van der Waals surface area contributed by atoms with Gasteiger partial charge in [-0.3, -0.25) is 9.89 Å². The number of H-pyrrole nitrogens is 1. The molecule has 1 saturated carbocycles. The number of carbonyl (C=O) groups excluding carboxylic acids is 1. The molecule has 0 aromatic carbocycles. The van der Waals surface area contributed by atoms with Gasteiger partial charge in [-0.15, -0.1) is 0 Å². The number of nitrogens with zero attached hydrogens (tertiary/aromatic N) is 1. The molecule has 0 spiro atoms. The number of nitrogens with one attached hydrogen (secondary N) is 2. The van der Waals surface area contributed by atoms with E-state index in [0.717, 1.165) is 24.2 Å². The molecule has 0 radical (unpaired) electrons. The molecular formula is C20H33N3O2. The molecule has 1 aromatic heterocycles. The van der Waals surface area contributed by atoms with Crippen LogP contribution in [0.25, 0.3) is 0 Å². The largest absolute Gasteiger partial charge is 0.368 e. The number of rotatable bonds is 3. The Balaban J connectivity index is 1.76. The zero-order chi connectivity index (χ0) is 18.0. The quantitative estimate of drug-likeness (QED) is 0.868. The molecule has 0 bridgehead atoms. The Kier molecular flexibility index (Phi) is 5.52. The van der Waals surface area contributed by atoms with Gasteiger partial charge < -0.3 is 10.1 Å². The predicted octanol–water partition coefficient (Wildman–Crippen LogP) is 4.01. The SMILES string of the molecule is CC(=O)N[C@H]1C[C@@H](c2cc(C(C)(C)C)n[nH]2)O[C@@H](C2CCCCC2)C1. The number of aromatic nitrogens is 2. The Bertz CT molecular complexity index is 584. The van der Waals surface area contributed by atoms with Crippen LogP contribution >= 0.6 is 0 Å². The lowest BCUT2D eigenvalue weighted by atomic mass is 9.80. The maximum absolute atomic E-state index is 11.6. The van der Waals surface area contributed by atoms with Crippen molar-refractivity contribution in [2.45, 2.75) is 96.3 Å². The van der Waals surface area contributed by atoms with E-state index in [0.29, 0.717) is 5.92 Å². The van der Waals surface area contributed by atoms with Gasteiger partial charge in [-0.25, -0.2) is 0 Å². The highest BCUT2D eigenvalue weighted by Crippen LogP contribution is 2.39. The van der Waals surface area contributed by atoms with Gasteiger partial charge in [0.05, 0.1) is 17.5 Å². The molecule has 2 heterocycles. The summed E-state index contributed by atoms with van der Waals surface area (Å²) in [5, 5.41) is 10.8. The van der Waals surface area contributed by atoms with Crippen LogP contribution in [0, 0.1) is 5.92 Å². The molecule has 1 aliphatic carbocycles. The van der Waals surface area contributed by atoms with E-state index in [1.165, 1.54) is 32.1 Å². The van der Waals surface area contributed by atoms with E-state index in [9.17, 15) is 4.79 Å². The van der Waals surface area contributed by atoms with Crippen LogP contribution in [0.2, 0.25) is 0 Å². The topological polar surface area (TPSA) is 67.0 Å². The second-order valence-corrected chi connectivity index (χ2v) is 8.89. The van der Waals surface area contributed by atoms with Crippen LogP contribution in [-0.4, -0.2) is 28.3 Å². The van der Waals surface area contributed by atoms with Crippen molar-refractivity contribution < 1.29 is 9.53 Å². The Hall–Kier alpha value is -1.36. The van der Waals surface area contributed by atoms with Crippen molar-refractivity contribution in [2.75, 3.05) is 0 Å². The van der Waals surface area contributed by atoms with Crippen LogP contribution in [0.4, 0.5) is 0 Å². The molecule has 25 heavy (non-hydrogen) atoms. The molecular weight excluding hydrogens is 314 g/mol. The van der Waals surface area contributed by atoms with Crippen molar-refractivity contribution in [1.29, 1.82) is 0 Å². The Labute approximate surface area is 151 Å². The van der Waals surface area contributed by atoms with Crippen molar-refractivity contribution >= 4 is 5.91 Å². The lowest BCUT2D eigenvalue weighted by Crippen LogP contribution is -2.44. The molecule has 140 valence electrons. The van der Waals surface area contributed by atoms with E-state index in [1.54, 1.807) is 6.92 Å². The van der Waals surface area contributed by atoms with Gasteiger partial charge in [0.2, 0.25) is 5.91 Å². The van der Waals surface area contributed by atoms with Crippen molar-refractivity contribution in [2.24, 2.45) is 5.92 Å². The van der Waals surface area contributed by atoms with Gasteiger partial charge in [0.25, 0.3) is 0 Å². The lowest BCUT2D eigenvalue weighted by molar-refractivity contribution is -0.124. The summed E-state index contributed by atoms with van der Waals surface area (Å²) in [7, 11) is 0. The minimum Gasteiger partial charge on any atom is -0.368 e. The second-order valence-electron chi connectivity index (χ2n) is 8.89. The highest BCUT2D eigenvalue weighted by Gasteiger charge is 2.36. The summed E-state index contributed by atoms with van der Waals surface area (Å²) < 4.78 is 6.53. The molecule has 0 unspecified atom stereocenters. The number of amides is 1. The summed E-state index contributed by atoms with van der Waals surface area (Å²) in [5.74, 6) is 0.672. The monoisotopic (exact) mass is 347 g/mol. The molecule has 5 heteroatoms. The number of hydrogen-bond donors (Lipinski definition) is 2. The van der Waals surface area contributed by atoms with Gasteiger partial charge in [-0.05, 0) is 37.7 Å². The maximum Gasteiger partial charge on any atom is 0.217 e. The maximum atomic E-state index is 11.6. The molecule has 2 fully saturated rings. The Morgan fingerprint density at radius 3 is 2.56 bits per heavy atom. The molecule has 5 nitrogen and oxygen atoms in total. The van der Waals surface area contributed by atoms with Gasteiger partial charge in [0, 0.05) is 18.4 Å². The van der Waals surface area contributed by atoms with Gasteiger partial charge in [-0.1, -0.05) is 40.0 Å². The molecule has 1 saturated heterocycles. The molecule has 2 N–H and O–H groups in total. The summed E-state index contributed by atoms with van der Waals surface area (Å²) in [6.45, 7) is 8.10. The van der Waals surface area contributed by atoms with E-state index >= 15 is 0 Å². The minimum absolute atomic E-state index is 0.0128. The van der Waals surface area contributed by atoms with Gasteiger partial charge in [0.1, 0.15) is 6.10 Å². The zero-order valence-electron chi connectivity index (χ0n) is 16.1. The van der Waals surface area contributed by atoms with Crippen molar-refractivity contribution in [1.82, 2.24) is 15.5 Å². The number of aromatic amines is 1. The van der Waals surface area contributed by atoms with Crippen molar-refractivity contribution in [3.63, 3.8) is 0 Å². The first kappa shape index (κ1) is 18.4. The average Bonchev–Trinajstić information content (AvgIpc) is 3.05. The molecule has 1 aliphatic heterocycles. The zero-order valence-corrected chi connectivity index (χ0v) is 16.1. The van der Waals surface area contributed by atoms with Gasteiger partial charge >= 0.3 is 0 Å². The van der Waals surface area contributed by atoms with Gasteiger partial charge in [0.15, 0.2) is 0 Å². The van der Waals surface area contributed by atoms with Crippen LogP contribution in [0.5, 0.6) is 0 Å². The molecule has 3 atom stereocenters. The fourth-order valence-electron chi connectivity index (χ4n) is 4.26. The Morgan fingerprint density at radius 1 is 1.24 bits per heavy atom. The van der Waals surface area contributed by atoms with E-state index < -0.39 is 0 Å². The van der Waals surface area contributed by atoms with Crippen LogP contribution in [0.15, 0.2) is 6.07 Å². The van der Waals surface area contributed by atoms with Gasteiger partial charge in [-0.2, -0.15) is 5.10 Å². The average molecular weight is 348 g/mol. The van der Waals surface area contributed by atoms with Crippen molar-refractivity contribution in [3.05, 3.63) is 17.5 Å². The van der Waals surface area contributed by atoms with Crippen LogP contribution < -0.4 is 5.32 Å². The number of hydrogen-bond acceptors (Lipinski definition) is 3. The summed E-state index contributed by atoms with van der Waals surface area (Å²) in [5.41, 5.74) is 2.12. The molecule has 2 aliphatic rings. The van der Waals surface area contributed by atoms with Crippen LogP contribution in [0.1, 0.15) is 90.1 Å². The normalized spacial score (nSPS) is 28.7.